The van der Waals surface area contributed by atoms with Gasteiger partial charge in [0.2, 0.25) is 0 Å². The van der Waals surface area contributed by atoms with Gasteiger partial charge in [0.15, 0.2) is 0 Å². The van der Waals surface area contributed by atoms with Crippen LogP contribution in [-0.4, -0.2) is 27.3 Å². The quantitative estimate of drug-likeness (QED) is 0.608. The van der Waals surface area contributed by atoms with E-state index in [1.165, 1.54) is 0 Å². The van der Waals surface area contributed by atoms with Crippen LogP contribution in [0.4, 0.5) is 5.69 Å². The van der Waals surface area contributed by atoms with Crippen molar-refractivity contribution in [1.29, 1.82) is 0 Å². The van der Waals surface area contributed by atoms with Crippen LogP contribution in [0.3, 0.4) is 0 Å². The number of nitrogens with one attached hydrogen (secondary N) is 1. The van der Waals surface area contributed by atoms with Crippen LogP contribution in [0.2, 0.25) is 0 Å². The van der Waals surface area contributed by atoms with E-state index in [1.54, 1.807) is 11.7 Å². The minimum atomic E-state index is -0.289. The van der Waals surface area contributed by atoms with Crippen molar-refractivity contribution in [2.45, 2.75) is 52.5 Å². The lowest BCUT2D eigenvalue weighted by molar-refractivity contribution is -0.386. The molecule has 0 aliphatic rings. The first-order valence-electron chi connectivity index (χ1n) is 6.87. The molecule has 2 atom stereocenters. The number of nitrogens with zero attached hydrogens (tertiary/aromatic N) is 3. The summed E-state index contributed by atoms with van der Waals surface area (Å²) in [5.74, 6) is 0.0449. The minimum Gasteiger partial charge on any atom is -0.314 e. The van der Waals surface area contributed by atoms with E-state index >= 15 is 0 Å². The first-order valence-corrected chi connectivity index (χ1v) is 6.87. The fourth-order valence-electron chi connectivity index (χ4n) is 2.43. The molecule has 0 aliphatic heterocycles. The standard InChI is InChI=1S/C13H24N4O2/c1-6-8-11-13(17(18)19)12(16(5)15-11)9(3)10(4)14-7-2/h9-10,14H,6-8H2,1-5H3. The lowest BCUT2D eigenvalue weighted by atomic mass is 9.97. The third-order valence-corrected chi connectivity index (χ3v) is 3.51. The average Bonchev–Trinajstić information content (AvgIpc) is 2.65. The van der Waals surface area contributed by atoms with Gasteiger partial charge >= 0.3 is 5.69 Å². The van der Waals surface area contributed by atoms with E-state index < -0.39 is 0 Å². The lowest BCUT2D eigenvalue weighted by Crippen LogP contribution is -2.31. The molecule has 0 fully saturated rings. The molecule has 0 amide bonds. The Labute approximate surface area is 114 Å². The summed E-state index contributed by atoms with van der Waals surface area (Å²) in [6.07, 6.45) is 1.50. The van der Waals surface area contributed by atoms with Gasteiger partial charge in [-0.3, -0.25) is 14.8 Å². The SMILES string of the molecule is CCCc1nn(C)c(C(C)C(C)NCC)c1[N+](=O)[O-]. The van der Waals surface area contributed by atoms with Crippen LogP contribution in [0.25, 0.3) is 0 Å². The van der Waals surface area contributed by atoms with Crippen LogP contribution in [0.15, 0.2) is 0 Å². The summed E-state index contributed by atoms with van der Waals surface area (Å²) >= 11 is 0. The highest BCUT2D eigenvalue weighted by atomic mass is 16.6. The maximum atomic E-state index is 11.3. The average molecular weight is 268 g/mol. The van der Waals surface area contributed by atoms with Crippen LogP contribution in [-0.2, 0) is 13.5 Å². The van der Waals surface area contributed by atoms with E-state index in [0.717, 1.165) is 13.0 Å². The fourth-order valence-corrected chi connectivity index (χ4v) is 2.43. The second-order valence-corrected chi connectivity index (χ2v) is 4.95. The molecule has 0 aliphatic carbocycles. The van der Waals surface area contributed by atoms with Gasteiger partial charge in [0.05, 0.1) is 4.92 Å². The van der Waals surface area contributed by atoms with Crippen LogP contribution in [0, 0.1) is 10.1 Å². The number of hydrogen-bond donors (Lipinski definition) is 1. The van der Waals surface area contributed by atoms with E-state index in [0.29, 0.717) is 17.8 Å². The zero-order valence-electron chi connectivity index (χ0n) is 12.4. The number of aromatic nitrogens is 2. The molecule has 1 aromatic heterocycles. The summed E-state index contributed by atoms with van der Waals surface area (Å²) in [6, 6.07) is 0.175. The van der Waals surface area contributed by atoms with Crippen LogP contribution in [0.1, 0.15) is 51.4 Å². The molecule has 6 heteroatoms. The summed E-state index contributed by atoms with van der Waals surface area (Å²) in [5.41, 5.74) is 1.50. The van der Waals surface area contributed by atoms with Crippen molar-refractivity contribution in [2.75, 3.05) is 6.54 Å². The predicted octanol–water partition coefficient (Wildman–Crippen LogP) is 2.38. The van der Waals surface area contributed by atoms with Crippen molar-refractivity contribution in [3.8, 4) is 0 Å². The Balaban J connectivity index is 3.21. The third kappa shape index (κ3) is 3.32. The molecule has 0 radical (unpaired) electrons. The molecule has 0 saturated carbocycles. The number of hydrogen-bond acceptors (Lipinski definition) is 4. The number of nitro groups is 1. The highest BCUT2D eigenvalue weighted by Crippen LogP contribution is 2.32. The van der Waals surface area contributed by atoms with Crippen LogP contribution in [0.5, 0.6) is 0 Å². The molecule has 0 saturated heterocycles. The van der Waals surface area contributed by atoms with Gasteiger partial charge in [-0.1, -0.05) is 27.2 Å². The normalized spacial score (nSPS) is 14.4. The first kappa shape index (κ1) is 15.6. The van der Waals surface area contributed by atoms with Crippen molar-refractivity contribution in [3.63, 3.8) is 0 Å². The van der Waals surface area contributed by atoms with Crippen molar-refractivity contribution < 1.29 is 4.92 Å². The zero-order valence-corrected chi connectivity index (χ0v) is 12.4. The van der Waals surface area contributed by atoms with Crippen molar-refractivity contribution in [2.24, 2.45) is 7.05 Å². The number of likely N-dealkylation sites (N-methyl/N-ethyl adjacent to an activating group) is 1. The molecule has 19 heavy (non-hydrogen) atoms. The Kier molecular flexibility index (Phi) is 5.47. The second-order valence-electron chi connectivity index (χ2n) is 4.95. The summed E-state index contributed by atoms with van der Waals surface area (Å²) < 4.78 is 1.67. The van der Waals surface area contributed by atoms with Gasteiger partial charge in [0.25, 0.3) is 0 Å². The highest BCUT2D eigenvalue weighted by Gasteiger charge is 2.31. The zero-order chi connectivity index (χ0) is 14.6. The largest absolute Gasteiger partial charge is 0.314 e. The molecular formula is C13H24N4O2. The summed E-state index contributed by atoms with van der Waals surface area (Å²) in [5, 5.41) is 19.0. The van der Waals surface area contributed by atoms with Crippen molar-refractivity contribution in [1.82, 2.24) is 15.1 Å². The third-order valence-electron chi connectivity index (χ3n) is 3.51. The minimum absolute atomic E-state index is 0.0449. The summed E-state index contributed by atoms with van der Waals surface area (Å²) in [6.45, 7) is 8.93. The molecule has 1 heterocycles. The Morgan fingerprint density at radius 3 is 2.53 bits per heavy atom. The lowest BCUT2D eigenvalue weighted by Gasteiger charge is -2.20. The monoisotopic (exact) mass is 268 g/mol. The van der Waals surface area contributed by atoms with Gasteiger partial charge in [-0.15, -0.1) is 0 Å². The molecule has 1 rings (SSSR count). The van der Waals surface area contributed by atoms with Crippen LogP contribution < -0.4 is 5.32 Å². The number of aryl methyl sites for hydroxylation is 2. The second kappa shape index (κ2) is 6.65. The fraction of sp³-hybridized carbons (Fsp3) is 0.769. The van der Waals surface area contributed by atoms with Gasteiger partial charge in [-0.05, 0) is 19.9 Å². The maximum absolute atomic E-state index is 11.3. The van der Waals surface area contributed by atoms with Gasteiger partial charge in [-0.25, -0.2) is 0 Å². The van der Waals surface area contributed by atoms with E-state index in [-0.39, 0.29) is 22.6 Å². The summed E-state index contributed by atoms with van der Waals surface area (Å²) in [4.78, 5) is 11.1. The summed E-state index contributed by atoms with van der Waals surface area (Å²) in [7, 11) is 1.79. The molecule has 0 spiro atoms. The van der Waals surface area contributed by atoms with Crippen molar-refractivity contribution >= 4 is 5.69 Å². The van der Waals surface area contributed by atoms with Gasteiger partial charge in [0, 0.05) is 19.0 Å². The Hall–Kier alpha value is -1.43. The molecule has 1 N–H and O–H groups in total. The first-order chi connectivity index (χ1) is 8.93. The molecule has 6 nitrogen and oxygen atoms in total. The molecule has 2 unspecified atom stereocenters. The highest BCUT2D eigenvalue weighted by molar-refractivity contribution is 5.43. The van der Waals surface area contributed by atoms with E-state index in [2.05, 4.69) is 10.4 Å². The molecule has 0 bridgehead atoms. The van der Waals surface area contributed by atoms with Gasteiger partial charge in [-0.2, -0.15) is 5.10 Å². The Morgan fingerprint density at radius 2 is 2.05 bits per heavy atom. The topological polar surface area (TPSA) is 73.0 Å². The molecule has 1 aromatic rings. The van der Waals surface area contributed by atoms with Gasteiger partial charge < -0.3 is 5.32 Å². The smallest absolute Gasteiger partial charge is 0.313 e. The van der Waals surface area contributed by atoms with E-state index in [9.17, 15) is 10.1 Å². The predicted molar refractivity (Wildman–Crippen MR) is 75.4 cm³/mol. The maximum Gasteiger partial charge on any atom is 0.313 e. The van der Waals surface area contributed by atoms with Gasteiger partial charge in [0.1, 0.15) is 11.4 Å². The molecular weight excluding hydrogens is 244 g/mol. The Bertz CT molecular complexity index is 442. The molecule has 0 aromatic carbocycles. The van der Waals surface area contributed by atoms with E-state index in [4.69, 9.17) is 0 Å². The number of rotatable bonds is 7. The van der Waals surface area contributed by atoms with E-state index in [1.807, 2.05) is 27.7 Å². The molecule has 108 valence electrons. The van der Waals surface area contributed by atoms with Crippen molar-refractivity contribution in [3.05, 3.63) is 21.5 Å². The Morgan fingerprint density at radius 1 is 1.42 bits per heavy atom. The van der Waals surface area contributed by atoms with Crippen LogP contribution >= 0.6 is 0 Å².